The van der Waals surface area contributed by atoms with E-state index in [1.165, 1.54) is 24.0 Å². The molecule has 0 spiro atoms. The van der Waals surface area contributed by atoms with Crippen LogP contribution < -0.4 is 0 Å². The van der Waals surface area contributed by atoms with Crippen LogP contribution in [0.25, 0.3) is 0 Å². The van der Waals surface area contributed by atoms with E-state index in [1.807, 2.05) is 0 Å². The van der Waals surface area contributed by atoms with Crippen molar-refractivity contribution in [1.29, 1.82) is 0 Å². The third kappa shape index (κ3) is 2.02. The van der Waals surface area contributed by atoms with Gasteiger partial charge in [-0.15, -0.1) is 0 Å². The summed E-state index contributed by atoms with van der Waals surface area (Å²) in [5, 5.41) is 0. The number of halogens is 1. The highest BCUT2D eigenvalue weighted by Crippen LogP contribution is 2.30. The first kappa shape index (κ1) is 9.01. The monoisotopic (exact) mass is 236 g/mol. The van der Waals surface area contributed by atoms with Gasteiger partial charge in [-0.05, 0) is 30.4 Å². The van der Waals surface area contributed by atoms with Crippen LogP contribution in [0.4, 0.5) is 0 Å². The van der Waals surface area contributed by atoms with Gasteiger partial charge in [0.05, 0.1) is 0 Å². The fourth-order valence-electron chi connectivity index (χ4n) is 1.75. The molecule has 1 atom stereocenters. The van der Waals surface area contributed by atoms with E-state index < -0.39 is 0 Å². The highest BCUT2D eigenvalue weighted by molar-refractivity contribution is 9.09. The maximum Gasteiger partial charge on any atom is 0.0432 e. The summed E-state index contributed by atoms with van der Waals surface area (Å²) in [5.74, 6) is 0. The number of rotatable bonds is 1. The van der Waals surface area contributed by atoms with Crippen LogP contribution in [0, 0.1) is 0 Å². The van der Waals surface area contributed by atoms with Crippen LogP contribution in [0.5, 0.6) is 0 Å². The van der Waals surface area contributed by atoms with Gasteiger partial charge in [-0.2, -0.15) is 0 Å². The molecule has 0 aromatic carbocycles. The van der Waals surface area contributed by atoms with Crippen molar-refractivity contribution >= 4 is 15.9 Å². The molecular formula is C12H13Br. The normalized spacial score (nSPS) is 27.0. The van der Waals surface area contributed by atoms with Crippen molar-refractivity contribution in [2.75, 3.05) is 0 Å². The van der Waals surface area contributed by atoms with Crippen LogP contribution >= 0.6 is 15.9 Å². The lowest BCUT2D eigenvalue weighted by Crippen LogP contribution is -2.07. The van der Waals surface area contributed by atoms with Gasteiger partial charge in [0, 0.05) is 4.83 Å². The van der Waals surface area contributed by atoms with Gasteiger partial charge in [0.1, 0.15) is 0 Å². The summed E-state index contributed by atoms with van der Waals surface area (Å²) in [6.07, 6.45) is 16.7. The molecule has 0 amide bonds. The van der Waals surface area contributed by atoms with Crippen LogP contribution in [0.1, 0.15) is 19.3 Å². The molecule has 0 aliphatic heterocycles. The number of allylic oxidation sites excluding steroid dienone is 8. The first-order valence-electron chi connectivity index (χ1n) is 4.75. The summed E-state index contributed by atoms with van der Waals surface area (Å²) in [5.41, 5.74) is 2.96. The number of hydrogen-bond donors (Lipinski definition) is 0. The highest BCUT2D eigenvalue weighted by Gasteiger charge is 2.15. The van der Waals surface area contributed by atoms with Crippen molar-refractivity contribution in [3.63, 3.8) is 0 Å². The Hall–Kier alpha value is -0.560. The van der Waals surface area contributed by atoms with Crippen LogP contribution in [0.3, 0.4) is 0 Å². The second-order valence-corrected chi connectivity index (χ2v) is 4.52. The first-order valence-corrected chi connectivity index (χ1v) is 5.66. The standard InChI is InChI=1S/C12H13Br/c13-12-9-5-4-8-11(12)10-6-2-1-3-7-10/h1-2,4-6,8,12H,3,7,9H2. The van der Waals surface area contributed by atoms with E-state index in [1.54, 1.807) is 0 Å². The molecule has 1 heteroatoms. The van der Waals surface area contributed by atoms with Crippen molar-refractivity contribution < 1.29 is 0 Å². The van der Waals surface area contributed by atoms with Crippen LogP contribution in [0.2, 0.25) is 0 Å². The summed E-state index contributed by atoms with van der Waals surface area (Å²) < 4.78 is 0. The van der Waals surface area contributed by atoms with Crippen molar-refractivity contribution in [3.05, 3.63) is 47.6 Å². The summed E-state index contributed by atoms with van der Waals surface area (Å²) in [4.78, 5) is 0.523. The predicted octanol–water partition coefficient (Wildman–Crippen LogP) is 3.91. The molecule has 0 radical (unpaired) electrons. The predicted molar refractivity (Wildman–Crippen MR) is 61.0 cm³/mol. The molecule has 0 N–H and O–H groups in total. The maximum absolute atomic E-state index is 3.71. The van der Waals surface area contributed by atoms with Crippen molar-refractivity contribution in [3.8, 4) is 0 Å². The van der Waals surface area contributed by atoms with Gasteiger partial charge in [0.15, 0.2) is 0 Å². The van der Waals surface area contributed by atoms with Gasteiger partial charge in [-0.25, -0.2) is 0 Å². The van der Waals surface area contributed by atoms with E-state index in [-0.39, 0.29) is 0 Å². The third-order valence-electron chi connectivity index (χ3n) is 2.48. The average Bonchev–Trinajstić information content (AvgIpc) is 2.20. The van der Waals surface area contributed by atoms with E-state index in [2.05, 4.69) is 52.4 Å². The average molecular weight is 237 g/mol. The van der Waals surface area contributed by atoms with Crippen molar-refractivity contribution in [1.82, 2.24) is 0 Å². The fourth-order valence-corrected chi connectivity index (χ4v) is 2.41. The summed E-state index contributed by atoms with van der Waals surface area (Å²) >= 11 is 3.71. The zero-order chi connectivity index (χ0) is 9.10. The number of hydrogen-bond acceptors (Lipinski definition) is 0. The van der Waals surface area contributed by atoms with E-state index >= 15 is 0 Å². The quantitative estimate of drug-likeness (QED) is 0.606. The zero-order valence-corrected chi connectivity index (χ0v) is 9.13. The summed E-state index contributed by atoms with van der Waals surface area (Å²) in [6.45, 7) is 0. The molecule has 13 heavy (non-hydrogen) atoms. The highest BCUT2D eigenvalue weighted by atomic mass is 79.9. The van der Waals surface area contributed by atoms with E-state index in [4.69, 9.17) is 0 Å². The molecule has 0 aromatic rings. The van der Waals surface area contributed by atoms with Gasteiger partial charge in [0.25, 0.3) is 0 Å². The molecule has 0 saturated heterocycles. The Balaban J connectivity index is 2.23. The Kier molecular flexibility index (Phi) is 2.84. The van der Waals surface area contributed by atoms with Crippen LogP contribution in [-0.4, -0.2) is 4.83 Å². The zero-order valence-electron chi connectivity index (χ0n) is 7.54. The van der Waals surface area contributed by atoms with E-state index in [0.717, 1.165) is 6.42 Å². The van der Waals surface area contributed by atoms with Gasteiger partial charge >= 0.3 is 0 Å². The SMILES string of the molecule is BrC1CC=CC=C1C1=CC=CCC1. The summed E-state index contributed by atoms with van der Waals surface area (Å²) in [6, 6.07) is 0. The molecule has 0 saturated carbocycles. The Morgan fingerprint density at radius 2 is 2.00 bits per heavy atom. The molecule has 68 valence electrons. The third-order valence-corrected chi connectivity index (χ3v) is 3.34. The fraction of sp³-hybridized carbons (Fsp3) is 0.333. The molecule has 0 bridgehead atoms. The molecule has 0 fully saturated rings. The minimum atomic E-state index is 0.523. The molecular weight excluding hydrogens is 224 g/mol. The lowest BCUT2D eigenvalue weighted by atomic mass is 9.92. The van der Waals surface area contributed by atoms with Gasteiger partial charge in [-0.3, -0.25) is 0 Å². The molecule has 0 heterocycles. The topological polar surface area (TPSA) is 0 Å². The Labute approximate surface area is 87.9 Å². The van der Waals surface area contributed by atoms with Gasteiger partial charge < -0.3 is 0 Å². The second-order valence-electron chi connectivity index (χ2n) is 3.41. The maximum atomic E-state index is 3.71. The van der Waals surface area contributed by atoms with Crippen LogP contribution in [-0.2, 0) is 0 Å². The molecule has 2 rings (SSSR count). The largest absolute Gasteiger partial charge is 0.0842 e. The molecule has 0 nitrogen and oxygen atoms in total. The molecule has 1 unspecified atom stereocenters. The summed E-state index contributed by atoms with van der Waals surface area (Å²) in [7, 11) is 0. The van der Waals surface area contributed by atoms with Crippen molar-refractivity contribution in [2.45, 2.75) is 24.1 Å². The smallest absolute Gasteiger partial charge is 0.0432 e. The Morgan fingerprint density at radius 1 is 1.15 bits per heavy atom. The van der Waals surface area contributed by atoms with E-state index in [9.17, 15) is 0 Å². The Morgan fingerprint density at radius 3 is 2.69 bits per heavy atom. The lowest BCUT2D eigenvalue weighted by molar-refractivity contribution is 0.916. The van der Waals surface area contributed by atoms with Gasteiger partial charge in [0.2, 0.25) is 0 Å². The minimum Gasteiger partial charge on any atom is -0.0842 e. The lowest BCUT2D eigenvalue weighted by Gasteiger charge is -2.19. The second kappa shape index (κ2) is 4.10. The molecule has 0 aromatic heterocycles. The first-order chi connectivity index (χ1) is 6.38. The van der Waals surface area contributed by atoms with E-state index in [0.29, 0.717) is 4.83 Å². The number of alkyl halides is 1. The van der Waals surface area contributed by atoms with Gasteiger partial charge in [-0.1, -0.05) is 52.4 Å². The minimum absolute atomic E-state index is 0.523. The van der Waals surface area contributed by atoms with Crippen molar-refractivity contribution in [2.24, 2.45) is 0 Å². The Bertz CT molecular complexity index is 305. The molecule has 2 aliphatic carbocycles. The van der Waals surface area contributed by atoms with Crippen LogP contribution in [0.15, 0.2) is 47.6 Å². The molecule has 2 aliphatic rings.